The molecule has 1 aromatic rings. The third kappa shape index (κ3) is 5.05. The van der Waals surface area contributed by atoms with Crippen molar-refractivity contribution in [1.82, 2.24) is 4.90 Å². The van der Waals surface area contributed by atoms with E-state index >= 15 is 0 Å². The molecule has 32 heavy (non-hydrogen) atoms. The zero-order chi connectivity index (χ0) is 24.4. The van der Waals surface area contributed by atoms with Gasteiger partial charge in [-0.2, -0.15) is 18.4 Å². The Morgan fingerprint density at radius 2 is 1.91 bits per heavy atom. The van der Waals surface area contributed by atoms with E-state index in [1.807, 2.05) is 0 Å². The molecule has 0 unspecified atom stereocenters. The fourth-order valence-electron chi connectivity index (χ4n) is 3.07. The van der Waals surface area contributed by atoms with Crippen LogP contribution in [0, 0.1) is 11.3 Å². The van der Waals surface area contributed by atoms with E-state index in [9.17, 15) is 32.3 Å². The number of carboxylic acid groups (broad SMARTS) is 1. The number of alkyl halides is 3. The number of rotatable bonds is 5. The first kappa shape index (κ1) is 24.8. The van der Waals surface area contributed by atoms with Gasteiger partial charge in [0.25, 0.3) is 0 Å². The van der Waals surface area contributed by atoms with E-state index in [-0.39, 0.29) is 34.9 Å². The Kier molecular flexibility index (Phi) is 6.94. The summed E-state index contributed by atoms with van der Waals surface area (Å²) in [5.74, 6) is -3.26. The van der Waals surface area contributed by atoms with E-state index in [2.05, 4.69) is 5.32 Å². The lowest BCUT2D eigenvalue weighted by Crippen LogP contribution is -2.54. The number of primary amides is 1. The summed E-state index contributed by atoms with van der Waals surface area (Å²) in [6.45, 7) is 2.55. The van der Waals surface area contributed by atoms with Gasteiger partial charge < -0.3 is 21.1 Å². The zero-order valence-corrected chi connectivity index (χ0v) is 17.7. The molecule has 170 valence electrons. The Morgan fingerprint density at radius 1 is 1.28 bits per heavy atom. The van der Waals surface area contributed by atoms with Crippen LogP contribution in [0.2, 0.25) is 0 Å². The number of nitrogens with one attached hydrogen (secondary N) is 1. The molecule has 0 aliphatic heterocycles. The van der Waals surface area contributed by atoms with Crippen molar-refractivity contribution in [3.05, 3.63) is 52.5 Å². The SMILES string of the molecule is CC(C)(C(=O)O)N(C(=S)Nc1ccc(C#N)c(C(F)(F)F)c1)C1=CC(F)=C(C(N)=O)CC1. The summed E-state index contributed by atoms with van der Waals surface area (Å²) in [5, 5.41) is 20.8. The van der Waals surface area contributed by atoms with Gasteiger partial charge in [-0.25, -0.2) is 9.18 Å². The molecule has 0 atom stereocenters. The third-order valence-electron chi connectivity index (χ3n) is 4.78. The molecule has 1 amide bonds. The molecule has 12 heteroatoms. The number of allylic oxidation sites excluding steroid dienone is 3. The van der Waals surface area contributed by atoms with Gasteiger partial charge in [0.2, 0.25) is 5.91 Å². The van der Waals surface area contributed by atoms with Crippen molar-refractivity contribution in [1.29, 1.82) is 5.26 Å². The lowest BCUT2D eigenvalue weighted by molar-refractivity contribution is -0.146. The van der Waals surface area contributed by atoms with E-state index in [1.54, 1.807) is 0 Å². The average molecular weight is 470 g/mol. The number of carbonyl (C=O) groups is 2. The molecule has 1 aliphatic carbocycles. The number of hydrogen-bond donors (Lipinski definition) is 3. The molecule has 0 heterocycles. The molecule has 7 nitrogen and oxygen atoms in total. The van der Waals surface area contributed by atoms with Crippen molar-refractivity contribution in [3.63, 3.8) is 0 Å². The van der Waals surface area contributed by atoms with Crippen LogP contribution in [0.25, 0.3) is 0 Å². The number of carboxylic acids is 1. The van der Waals surface area contributed by atoms with E-state index in [4.69, 9.17) is 23.2 Å². The number of aliphatic carboxylic acids is 1. The first-order valence-corrected chi connectivity index (χ1v) is 9.46. The highest BCUT2D eigenvalue weighted by Crippen LogP contribution is 2.35. The molecule has 2 rings (SSSR count). The lowest BCUT2D eigenvalue weighted by atomic mass is 9.96. The van der Waals surface area contributed by atoms with Crippen LogP contribution in [0.1, 0.15) is 37.8 Å². The maximum atomic E-state index is 14.4. The summed E-state index contributed by atoms with van der Waals surface area (Å²) in [4.78, 5) is 24.2. The van der Waals surface area contributed by atoms with Crippen molar-refractivity contribution in [2.24, 2.45) is 5.73 Å². The molecule has 0 saturated heterocycles. The standard InChI is InChI=1S/C20H18F4N4O3S/c1-19(2,17(30)31)28(12-5-6-13(16(26)29)15(21)8-12)18(32)27-11-4-3-10(9-25)14(7-11)20(22,23)24/h3-4,7-8H,5-6H2,1-2H3,(H2,26,29)(H,27,32)(H,30,31). The first-order chi connectivity index (χ1) is 14.7. The summed E-state index contributed by atoms with van der Waals surface area (Å²) in [6.07, 6.45) is -4.00. The molecule has 0 bridgehead atoms. The number of nitrogens with two attached hydrogens (primary N) is 1. The van der Waals surface area contributed by atoms with Crippen LogP contribution in [-0.2, 0) is 15.8 Å². The van der Waals surface area contributed by atoms with Crippen LogP contribution < -0.4 is 11.1 Å². The molecule has 1 aliphatic rings. The highest BCUT2D eigenvalue weighted by molar-refractivity contribution is 7.80. The van der Waals surface area contributed by atoms with Gasteiger partial charge in [-0.3, -0.25) is 4.79 Å². The number of halogens is 4. The summed E-state index contributed by atoms with van der Waals surface area (Å²) in [6, 6.07) is 4.24. The Bertz CT molecular complexity index is 1090. The van der Waals surface area contributed by atoms with E-state index in [0.717, 1.165) is 17.0 Å². The number of carbonyl (C=O) groups excluding carboxylic acids is 1. The summed E-state index contributed by atoms with van der Waals surface area (Å²) in [7, 11) is 0. The van der Waals surface area contributed by atoms with Gasteiger partial charge in [-0.1, -0.05) is 0 Å². The van der Waals surface area contributed by atoms with Crippen molar-refractivity contribution in [2.45, 2.75) is 38.4 Å². The minimum Gasteiger partial charge on any atom is -0.480 e. The second-order valence-electron chi connectivity index (χ2n) is 7.33. The maximum absolute atomic E-state index is 14.4. The lowest BCUT2D eigenvalue weighted by Gasteiger charge is -2.39. The molecule has 0 aromatic heterocycles. The minimum atomic E-state index is -4.81. The van der Waals surface area contributed by atoms with Crippen molar-refractivity contribution < 1.29 is 32.3 Å². The van der Waals surface area contributed by atoms with Gasteiger partial charge in [-0.15, -0.1) is 0 Å². The van der Waals surface area contributed by atoms with Crippen molar-refractivity contribution in [2.75, 3.05) is 5.32 Å². The van der Waals surface area contributed by atoms with E-state index in [0.29, 0.717) is 6.07 Å². The van der Waals surface area contributed by atoms with Crippen LogP contribution in [-0.4, -0.2) is 32.5 Å². The highest BCUT2D eigenvalue weighted by atomic mass is 32.1. The first-order valence-electron chi connectivity index (χ1n) is 9.05. The molecular formula is C20H18F4N4O3S. The Morgan fingerprint density at radius 3 is 2.38 bits per heavy atom. The molecule has 4 N–H and O–H groups in total. The number of thiocarbonyl (C=S) groups is 1. The predicted molar refractivity (Wildman–Crippen MR) is 111 cm³/mol. The van der Waals surface area contributed by atoms with Gasteiger partial charge in [0.1, 0.15) is 11.4 Å². The van der Waals surface area contributed by atoms with Crippen LogP contribution >= 0.6 is 12.2 Å². The third-order valence-corrected chi connectivity index (χ3v) is 5.06. The Labute approximate surface area is 185 Å². The van der Waals surface area contributed by atoms with Crippen LogP contribution in [0.15, 0.2) is 41.4 Å². The van der Waals surface area contributed by atoms with Gasteiger partial charge in [0, 0.05) is 11.4 Å². The van der Waals surface area contributed by atoms with Crippen LogP contribution in [0.5, 0.6) is 0 Å². The zero-order valence-electron chi connectivity index (χ0n) is 16.9. The number of hydrogen-bond acceptors (Lipinski definition) is 4. The number of amides is 1. The largest absolute Gasteiger partial charge is 0.480 e. The Balaban J connectivity index is 2.51. The number of benzene rings is 1. The van der Waals surface area contributed by atoms with Gasteiger partial charge in [-0.05, 0) is 63.2 Å². The fraction of sp³-hybridized carbons (Fsp3) is 0.300. The number of nitriles is 1. The quantitative estimate of drug-likeness (QED) is 0.442. The normalized spacial score (nSPS) is 14.3. The number of nitrogens with zero attached hydrogens (tertiary/aromatic N) is 2. The van der Waals surface area contributed by atoms with Gasteiger partial charge >= 0.3 is 12.1 Å². The molecule has 0 saturated carbocycles. The minimum absolute atomic E-state index is 0.00535. The molecule has 0 radical (unpaired) electrons. The smallest absolute Gasteiger partial charge is 0.417 e. The molecular weight excluding hydrogens is 452 g/mol. The molecule has 0 fully saturated rings. The van der Waals surface area contributed by atoms with Crippen molar-refractivity contribution in [3.8, 4) is 6.07 Å². The Hall–Kier alpha value is -3.46. The highest BCUT2D eigenvalue weighted by Gasteiger charge is 2.40. The second kappa shape index (κ2) is 8.96. The van der Waals surface area contributed by atoms with Crippen molar-refractivity contribution >= 4 is 34.9 Å². The van der Waals surface area contributed by atoms with Gasteiger partial charge in [0.05, 0.1) is 22.8 Å². The summed E-state index contributed by atoms with van der Waals surface area (Å²) in [5.41, 5.74) is 1.25. The number of anilines is 1. The van der Waals surface area contributed by atoms with Gasteiger partial charge in [0.15, 0.2) is 5.11 Å². The average Bonchev–Trinajstić information content (AvgIpc) is 2.66. The monoisotopic (exact) mass is 470 g/mol. The van der Waals surface area contributed by atoms with E-state index < -0.39 is 40.5 Å². The molecule has 1 aromatic carbocycles. The summed E-state index contributed by atoms with van der Waals surface area (Å²) < 4.78 is 54.1. The summed E-state index contributed by atoms with van der Waals surface area (Å²) >= 11 is 5.26. The van der Waals surface area contributed by atoms with E-state index in [1.165, 1.54) is 26.0 Å². The van der Waals surface area contributed by atoms with Crippen LogP contribution in [0.4, 0.5) is 23.2 Å². The topological polar surface area (TPSA) is 119 Å². The molecule has 0 spiro atoms. The second-order valence-corrected chi connectivity index (χ2v) is 7.71. The maximum Gasteiger partial charge on any atom is 0.417 e. The van der Waals surface area contributed by atoms with Crippen LogP contribution in [0.3, 0.4) is 0 Å². The fourth-order valence-corrected chi connectivity index (χ4v) is 3.53. The predicted octanol–water partition coefficient (Wildman–Crippen LogP) is 3.83.